The SMILES string of the molecule is CCOC(=O)C(C)Oc1cccc(CNC)c1. The molecule has 0 saturated carbocycles. The number of rotatable bonds is 6. The molecule has 1 aromatic rings. The van der Waals surface area contributed by atoms with Gasteiger partial charge in [0.2, 0.25) is 0 Å². The van der Waals surface area contributed by atoms with Crippen molar-refractivity contribution >= 4 is 5.97 Å². The molecule has 0 radical (unpaired) electrons. The van der Waals surface area contributed by atoms with E-state index in [0.29, 0.717) is 12.4 Å². The van der Waals surface area contributed by atoms with E-state index in [1.165, 1.54) is 0 Å². The standard InChI is InChI=1S/C13H19NO3/c1-4-16-13(15)10(2)17-12-7-5-6-11(8-12)9-14-3/h5-8,10,14H,4,9H2,1-3H3. The minimum Gasteiger partial charge on any atom is -0.479 e. The molecule has 1 unspecified atom stereocenters. The van der Waals surface area contributed by atoms with Gasteiger partial charge in [-0.05, 0) is 38.6 Å². The zero-order valence-corrected chi connectivity index (χ0v) is 10.5. The quantitative estimate of drug-likeness (QED) is 0.765. The lowest BCUT2D eigenvalue weighted by molar-refractivity contribution is -0.150. The molecule has 0 bridgehead atoms. The summed E-state index contributed by atoms with van der Waals surface area (Å²) < 4.78 is 10.4. The van der Waals surface area contributed by atoms with E-state index in [9.17, 15) is 4.79 Å². The lowest BCUT2D eigenvalue weighted by Gasteiger charge is -2.14. The van der Waals surface area contributed by atoms with Crippen molar-refractivity contribution < 1.29 is 14.3 Å². The molecule has 1 rings (SSSR count). The van der Waals surface area contributed by atoms with Gasteiger partial charge in [-0.2, -0.15) is 0 Å². The predicted octanol–water partition coefficient (Wildman–Crippen LogP) is 1.74. The zero-order chi connectivity index (χ0) is 12.7. The molecule has 0 amide bonds. The third-order valence-electron chi connectivity index (χ3n) is 2.21. The van der Waals surface area contributed by atoms with Gasteiger partial charge in [-0.3, -0.25) is 0 Å². The van der Waals surface area contributed by atoms with Crippen LogP contribution in [0.3, 0.4) is 0 Å². The molecule has 0 spiro atoms. The number of hydrogen-bond donors (Lipinski definition) is 1. The number of nitrogens with one attached hydrogen (secondary N) is 1. The largest absolute Gasteiger partial charge is 0.479 e. The van der Waals surface area contributed by atoms with Crippen molar-refractivity contribution in [2.45, 2.75) is 26.5 Å². The maximum Gasteiger partial charge on any atom is 0.347 e. The summed E-state index contributed by atoms with van der Waals surface area (Å²) in [5.74, 6) is 0.338. The third kappa shape index (κ3) is 4.44. The van der Waals surface area contributed by atoms with Crippen molar-refractivity contribution in [3.63, 3.8) is 0 Å². The number of ether oxygens (including phenoxy) is 2. The number of carbonyl (C=O) groups excluding carboxylic acids is 1. The van der Waals surface area contributed by atoms with Crippen molar-refractivity contribution in [2.75, 3.05) is 13.7 Å². The molecule has 0 fully saturated rings. The molecular weight excluding hydrogens is 218 g/mol. The van der Waals surface area contributed by atoms with Gasteiger partial charge in [-0.1, -0.05) is 12.1 Å². The molecule has 0 aromatic heterocycles. The van der Waals surface area contributed by atoms with E-state index in [2.05, 4.69) is 5.32 Å². The molecule has 17 heavy (non-hydrogen) atoms. The van der Waals surface area contributed by atoms with Crippen LogP contribution in [-0.2, 0) is 16.1 Å². The van der Waals surface area contributed by atoms with Gasteiger partial charge in [0.1, 0.15) is 5.75 Å². The fraction of sp³-hybridized carbons (Fsp3) is 0.462. The first-order valence-electron chi connectivity index (χ1n) is 5.74. The average molecular weight is 237 g/mol. The van der Waals surface area contributed by atoms with Gasteiger partial charge in [0, 0.05) is 6.54 Å². The van der Waals surface area contributed by atoms with E-state index in [1.807, 2.05) is 31.3 Å². The maximum absolute atomic E-state index is 11.4. The Hall–Kier alpha value is -1.55. The van der Waals surface area contributed by atoms with Gasteiger partial charge in [0.15, 0.2) is 6.10 Å². The highest BCUT2D eigenvalue weighted by molar-refractivity contribution is 5.74. The normalized spacial score (nSPS) is 11.9. The maximum atomic E-state index is 11.4. The number of benzene rings is 1. The van der Waals surface area contributed by atoms with E-state index in [-0.39, 0.29) is 5.97 Å². The van der Waals surface area contributed by atoms with Crippen LogP contribution in [0.5, 0.6) is 5.75 Å². The van der Waals surface area contributed by atoms with Gasteiger partial charge in [0.05, 0.1) is 6.61 Å². The second-order valence-corrected chi connectivity index (χ2v) is 3.69. The summed E-state index contributed by atoms with van der Waals surface area (Å²) in [5.41, 5.74) is 1.11. The first-order valence-corrected chi connectivity index (χ1v) is 5.74. The summed E-state index contributed by atoms with van der Waals surface area (Å²) >= 11 is 0. The summed E-state index contributed by atoms with van der Waals surface area (Å²) in [5, 5.41) is 3.06. The summed E-state index contributed by atoms with van der Waals surface area (Å²) in [7, 11) is 1.88. The summed E-state index contributed by atoms with van der Waals surface area (Å²) in [4.78, 5) is 11.4. The second-order valence-electron chi connectivity index (χ2n) is 3.69. The third-order valence-corrected chi connectivity index (χ3v) is 2.21. The zero-order valence-electron chi connectivity index (χ0n) is 10.5. The molecule has 0 aliphatic rings. The van der Waals surface area contributed by atoms with Crippen LogP contribution >= 0.6 is 0 Å². The molecule has 0 aliphatic heterocycles. The van der Waals surface area contributed by atoms with Crippen LogP contribution in [0.25, 0.3) is 0 Å². The lowest BCUT2D eigenvalue weighted by Crippen LogP contribution is -2.26. The molecule has 1 atom stereocenters. The summed E-state index contributed by atoms with van der Waals surface area (Å²) in [6.45, 7) is 4.60. The fourth-order valence-electron chi connectivity index (χ4n) is 1.44. The van der Waals surface area contributed by atoms with Crippen molar-refractivity contribution in [1.29, 1.82) is 0 Å². The van der Waals surface area contributed by atoms with E-state index in [1.54, 1.807) is 13.8 Å². The molecule has 94 valence electrons. The molecule has 1 aromatic carbocycles. The van der Waals surface area contributed by atoms with E-state index in [4.69, 9.17) is 9.47 Å². The predicted molar refractivity (Wildman–Crippen MR) is 65.9 cm³/mol. The smallest absolute Gasteiger partial charge is 0.347 e. The van der Waals surface area contributed by atoms with Crippen molar-refractivity contribution in [3.05, 3.63) is 29.8 Å². The van der Waals surface area contributed by atoms with Crippen LogP contribution < -0.4 is 10.1 Å². The molecule has 0 aliphatic carbocycles. The van der Waals surface area contributed by atoms with Crippen molar-refractivity contribution in [1.82, 2.24) is 5.32 Å². The van der Waals surface area contributed by atoms with E-state index < -0.39 is 6.10 Å². The minimum atomic E-state index is -0.584. The Morgan fingerprint density at radius 2 is 2.24 bits per heavy atom. The van der Waals surface area contributed by atoms with Crippen LogP contribution in [0, 0.1) is 0 Å². The highest BCUT2D eigenvalue weighted by Crippen LogP contribution is 2.15. The van der Waals surface area contributed by atoms with Gasteiger partial charge in [0.25, 0.3) is 0 Å². The van der Waals surface area contributed by atoms with Crippen LogP contribution in [0.2, 0.25) is 0 Å². The average Bonchev–Trinajstić information content (AvgIpc) is 2.30. The summed E-state index contributed by atoms with van der Waals surface area (Å²) in [6, 6.07) is 7.64. The Bertz CT molecular complexity index is 365. The topological polar surface area (TPSA) is 47.6 Å². The Morgan fingerprint density at radius 1 is 1.47 bits per heavy atom. The molecule has 4 nitrogen and oxygen atoms in total. The van der Waals surface area contributed by atoms with Gasteiger partial charge in [-0.25, -0.2) is 4.79 Å². The van der Waals surface area contributed by atoms with Crippen molar-refractivity contribution in [2.24, 2.45) is 0 Å². The monoisotopic (exact) mass is 237 g/mol. The van der Waals surface area contributed by atoms with Gasteiger partial charge in [-0.15, -0.1) is 0 Å². The Kier molecular flexibility index (Phi) is 5.49. The lowest BCUT2D eigenvalue weighted by atomic mass is 10.2. The Labute approximate surface area is 102 Å². The number of carbonyl (C=O) groups is 1. The molecule has 4 heteroatoms. The number of esters is 1. The van der Waals surface area contributed by atoms with Gasteiger partial charge >= 0.3 is 5.97 Å². The minimum absolute atomic E-state index is 0.341. The van der Waals surface area contributed by atoms with Crippen LogP contribution in [0.1, 0.15) is 19.4 Å². The Morgan fingerprint density at radius 3 is 2.88 bits per heavy atom. The summed E-state index contributed by atoms with van der Waals surface area (Å²) in [6.07, 6.45) is -0.584. The van der Waals surface area contributed by atoms with E-state index in [0.717, 1.165) is 12.1 Å². The molecule has 0 heterocycles. The first-order chi connectivity index (χ1) is 8.17. The number of hydrogen-bond acceptors (Lipinski definition) is 4. The van der Waals surface area contributed by atoms with Crippen molar-refractivity contribution in [3.8, 4) is 5.75 Å². The van der Waals surface area contributed by atoms with Gasteiger partial charge < -0.3 is 14.8 Å². The fourth-order valence-corrected chi connectivity index (χ4v) is 1.44. The second kappa shape index (κ2) is 6.91. The highest BCUT2D eigenvalue weighted by Gasteiger charge is 2.15. The first kappa shape index (κ1) is 13.5. The highest BCUT2D eigenvalue weighted by atomic mass is 16.6. The van der Waals surface area contributed by atoms with Crippen LogP contribution in [-0.4, -0.2) is 25.7 Å². The van der Waals surface area contributed by atoms with Crippen LogP contribution in [0.4, 0.5) is 0 Å². The van der Waals surface area contributed by atoms with E-state index >= 15 is 0 Å². The Balaban J connectivity index is 2.61. The molecule has 1 N–H and O–H groups in total. The molecular formula is C13H19NO3. The molecule has 0 saturated heterocycles. The van der Waals surface area contributed by atoms with Crippen LogP contribution in [0.15, 0.2) is 24.3 Å².